The Morgan fingerprint density at radius 2 is 2.38 bits per heavy atom. The van der Waals surface area contributed by atoms with Crippen molar-refractivity contribution >= 4 is 16.7 Å². The van der Waals surface area contributed by atoms with Crippen LogP contribution in [0, 0.1) is 0 Å². The van der Waals surface area contributed by atoms with Gasteiger partial charge in [-0.1, -0.05) is 0 Å². The molecule has 0 aromatic carbocycles. The number of oxazole rings is 1. The monoisotopic (exact) mass is 205 g/mol. The molecule has 0 aliphatic carbocycles. The van der Waals surface area contributed by atoms with Crippen LogP contribution in [0.25, 0.3) is 0 Å². The third-order valence-corrected chi connectivity index (χ3v) is 1.81. The van der Waals surface area contributed by atoms with Crippen molar-refractivity contribution in [2.24, 2.45) is 0 Å². The van der Waals surface area contributed by atoms with Crippen LogP contribution in [-0.2, 0) is 26.7 Å². The number of rotatable bonds is 3. The molecule has 0 aliphatic rings. The second-order valence-electron chi connectivity index (χ2n) is 2.10. The molecule has 0 aliphatic heterocycles. The van der Waals surface area contributed by atoms with E-state index >= 15 is 0 Å². The number of thiol groups is 1. The minimum Gasteiger partial charge on any atom is -0.469 e. The Morgan fingerprint density at radius 3 is 2.85 bits per heavy atom. The molecular formula is C6H7NO5S. The molecule has 0 unspecified atom stereocenters. The van der Waals surface area contributed by atoms with Gasteiger partial charge in [-0.3, -0.25) is 4.79 Å². The van der Waals surface area contributed by atoms with Gasteiger partial charge in [0.25, 0.3) is 0 Å². The normalized spacial score (nSPS) is 10.3. The summed E-state index contributed by atoms with van der Waals surface area (Å²) in [5.74, 6) is -0.504. The standard InChI is InChI=1S/C6H7NO5S/c1-11-5(8)2-4-7-3-6(12-4)13(9)10/h3,13H,2H2,1H3. The highest BCUT2D eigenvalue weighted by Gasteiger charge is 2.10. The van der Waals surface area contributed by atoms with Gasteiger partial charge in [-0.2, -0.15) is 0 Å². The Hall–Kier alpha value is -1.37. The highest BCUT2D eigenvalue weighted by atomic mass is 32.2. The Bertz CT molecular complexity index is 372. The lowest BCUT2D eigenvalue weighted by atomic mass is 10.4. The number of esters is 1. The maximum Gasteiger partial charge on any atom is 0.314 e. The SMILES string of the molecule is COC(=O)Cc1ncc([SH](=O)=O)o1. The van der Waals surface area contributed by atoms with Crippen molar-refractivity contribution in [3.8, 4) is 0 Å². The lowest BCUT2D eigenvalue weighted by molar-refractivity contribution is -0.140. The molecule has 1 heterocycles. The first-order valence-corrected chi connectivity index (χ1v) is 4.47. The second kappa shape index (κ2) is 4.04. The van der Waals surface area contributed by atoms with Crippen molar-refractivity contribution in [1.29, 1.82) is 0 Å². The van der Waals surface area contributed by atoms with Gasteiger partial charge in [-0.05, 0) is 0 Å². The van der Waals surface area contributed by atoms with Gasteiger partial charge in [0, 0.05) is 0 Å². The number of nitrogens with zero attached hydrogens (tertiary/aromatic N) is 1. The molecule has 0 saturated heterocycles. The van der Waals surface area contributed by atoms with Crippen LogP contribution in [0.2, 0.25) is 0 Å². The fourth-order valence-corrected chi connectivity index (χ4v) is 0.994. The van der Waals surface area contributed by atoms with Crippen molar-refractivity contribution in [3.05, 3.63) is 12.1 Å². The quantitative estimate of drug-likeness (QED) is 0.521. The lowest BCUT2D eigenvalue weighted by Crippen LogP contribution is -2.04. The summed E-state index contributed by atoms with van der Waals surface area (Å²) >= 11 is 0. The van der Waals surface area contributed by atoms with Crippen molar-refractivity contribution in [3.63, 3.8) is 0 Å². The van der Waals surface area contributed by atoms with Gasteiger partial charge in [0.2, 0.25) is 21.7 Å². The molecule has 13 heavy (non-hydrogen) atoms. The summed E-state index contributed by atoms with van der Waals surface area (Å²) < 4.78 is 29.8. The molecule has 1 aromatic rings. The largest absolute Gasteiger partial charge is 0.469 e. The topological polar surface area (TPSA) is 86.5 Å². The average Bonchev–Trinajstić information content (AvgIpc) is 2.52. The minimum absolute atomic E-state index is 0.0288. The van der Waals surface area contributed by atoms with Gasteiger partial charge in [0.05, 0.1) is 13.3 Å². The molecule has 72 valence electrons. The van der Waals surface area contributed by atoms with Gasteiger partial charge in [0.1, 0.15) is 6.42 Å². The van der Waals surface area contributed by atoms with E-state index in [4.69, 9.17) is 4.42 Å². The summed E-state index contributed by atoms with van der Waals surface area (Å²) in [4.78, 5) is 14.3. The molecular weight excluding hydrogens is 198 g/mol. The van der Waals surface area contributed by atoms with E-state index in [0.717, 1.165) is 6.20 Å². The van der Waals surface area contributed by atoms with Crippen LogP contribution >= 0.6 is 0 Å². The van der Waals surface area contributed by atoms with E-state index in [1.54, 1.807) is 0 Å². The fourth-order valence-electron chi connectivity index (χ4n) is 0.662. The predicted octanol–water partition coefficient (Wildman–Crippen LogP) is -0.640. The summed E-state index contributed by atoms with van der Waals surface area (Å²) in [7, 11) is -1.56. The van der Waals surface area contributed by atoms with E-state index < -0.39 is 16.7 Å². The molecule has 7 heteroatoms. The lowest BCUT2D eigenvalue weighted by Gasteiger charge is -1.92. The number of hydrogen-bond donors (Lipinski definition) is 1. The van der Waals surface area contributed by atoms with E-state index in [9.17, 15) is 13.2 Å². The molecule has 1 rings (SSSR count). The van der Waals surface area contributed by atoms with Crippen molar-refractivity contribution in [2.45, 2.75) is 11.5 Å². The molecule has 6 nitrogen and oxygen atoms in total. The van der Waals surface area contributed by atoms with Crippen LogP contribution < -0.4 is 0 Å². The molecule has 0 atom stereocenters. The van der Waals surface area contributed by atoms with Crippen LogP contribution in [0.4, 0.5) is 0 Å². The maximum atomic E-state index is 10.7. The van der Waals surface area contributed by atoms with Crippen molar-refractivity contribution in [2.75, 3.05) is 7.11 Å². The zero-order valence-electron chi connectivity index (χ0n) is 6.72. The van der Waals surface area contributed by atoms with Crippen molar-refractivity contribution in [1.82, 2.24) is 4.98 Å². The summed E-state index contributed by atoms with van der Waals surface area (Å²) in [5, 5.41) is -0.256. The van der Waals surface area contributed by atoms with Crippen LogP contribution in [0.1, 0.15) is 5.89 Å². The number of methoxy groups -OCH3 is 1. The van der Waals surface area contributed by atoms with E-state index in [1.807, 2.05) is 0 Å². The summed E-state index contributed by atoms with van der Waals surface area (Å²) in [5.41, 5.74) is 0. The molecule has 0 saturated carbocycles. The Balaban J connectivity index is 2.75. The first kappa shape index (κ1) is 9.72. The van der Waals surface area contributed by atoms with Crippen LogP contribution in [0.5, 0.6) is 0 Å². The van der Waals surface area contributed by atoms with Crippen LogP contribution in [0.15, 0.2) is 15.7 Å². The Labute approximate surface area is 75.5 Å². The number of carbonyl (C=O) groups is 1. The maximum absolute atomic E-state index is 10.7. The van der Waals surface area contributed by atoms with Gasteiger partial charge in [0.15, 0.2) is 0 Å². The van der Waals surface area contributed by atoms with Crippen molar-refractivity contribution < 1.29 is 22.4 Å². The highest BCUT2D eigenvalue weighted by molar-refractivity contribution is 7.72. The predicted molar refractivity (Wildman–Crippen MR) is 40.8 cm³/mol. The third kappa shape index (κ3) is 2.55. The number of aromatic nitrogens is 1. The van der Waals surface area contributed by atoms with E-state index in [-0.39, 0.29) is 17.4 Å². The van der Waals surface area contributed by atoms with Crippen LogP contribution in [-0.4, -0.2) is 26.5 Å². The van der Waals surface area contributed by atoms with Gasteiger partial charge < -0.3 is 9.15 Å². The summed E-state index contributed by atoms with van der Waals surface area (Å²) in [6, 6.07) is 0. The molecule has 0 radical (unpaired) electrons. The molecule has 1 aromatic heterocycles. The minimum atomic E-state index is -2.79. The highest BCUT2D eigenvalue weighted by Crippen LogP contribution is 2.05. The number of ether oxygens (including phenoxy) is 1. The Morgan fingerprint density at radius 1 is 1.69 bits per heavy atom. The van der Waals surface area contributed by atoms with Crippen LogP contribution in [0.3, 0.4) is 0 Å². The zero-order chi connectivity index (χ0) is 9.84. The van der Waals surface area contributed by atoms with E-state index in [1.165, 1.54) is 7.11 Å². The second-order valence-corrected chi connectivity index (χ2v) is 3.06. The van der Waals surface area contributed by atoms with Gasteiger partial charge in [-0.25, -0.2) is 13.4 Å². The van der Waals surface area contributed by atoms with Gasteiger partial charge in [-0.15, -0.1) is 0 Å². The zero-order valence-corrected chi connectivity index (χ0v) is 7.61. The molecule has 0 amide bonds. The first-order valence-electron chi connectivity index (χ1n) is 3.29. The molecule has 0 spiro atoms. The van der Waals surface area contributed by atoms with E-state index in [0.29, 0.717) is 0 Å². The van der Waals surface area contributed by atoms with E-state index in [2.05, 4.69) is 9.72 Å². The van der Waals surface area contributed by atoms with Gasteiger partial charge >= 0.3 is 5.97 Å². The number of hydrogen-bond acceptors (Lipinski definition) is 6. The summed E-state index contributed by atoms with van der Waals surface area (Å²) in [6.45, 7) is 0. The fraction of sp³-hybridized carbons (Fsp3) is 0.333. The third-order valence-electron chi connectivity index (χ3n) is 1.24. The average molecular weight is 205 g/mol. The molecule has 0 bridgehead atoms. The summed E-state index contributed by atoms with van der Waals surface area (Å²) in [6.07, 6.45) is 0.879. The molecule has 0 N–H and O–H groups in total. The Kier molecular flexibility index (Phi) is 3.02. The first-order chi connectivity index (χ1) is 6.13. The molecule has 0 fully saturated rings. The smallest absolute Gasteiger partial charge is 0.314 e. The number of carbonyl (C=O) groups excluding carboxylic acids is 1.